The summed E-state index contributed by atoms with van der Waals surface area (Å²) in [6.45, 7) is 1.53. The van der Waals surface area contributed by atoms with E-state index in [-0.39, 0.29) is 22.2 Å². The van der Waals surface area contributed by atoms with Crippen molar-refractivity contribution in [2.45, 2.75) is 6.92 Å². The topological polar surface area (TPSA) is 85.1 Å². The highest BCUT2D eigenvalue weighted by atomic mass is 35.5. The highest BCUT2D eigenvalue weighted by Gasteiger charge is 2.18. The molecule has 0 unspecified atom stereocenters. The Morgan fingerprint density at radius 1 is 1.30 bits per heavy atom. The van der Waals surface area contributed by atoms with Gasteiger partial charge in [0.1, 0.15) is 11.0 Å². The minimum Gasteiger partial charge on any atom is -0.307 e. The third-order valence-electron chi connectivity index (χ3n) is 2.70. The van der Waals surface area contributed by atoms with Crippen LogP contribution in [0, 0.1) is 17.0 Å². The van der Waals surface area contributed by atoms with E-state index in [4.69, 9.17) is 11.6 Å². The van der Waals surface area contributed by atoms with Gasteiger partial charge in [-0.05, 0) is 25.1 Å². The summed E-state index contributed by atoms with van der Waals surface area (Å²) in [5, 5.41) is 13.6. The number of hydrogen-bond acceptors (Lipinski definition) is 4. The number of anilines is 1. The average Bonchev–Trinajstić information content (AvgIpc) is 2.38. The zero-order valence-electron chi connectivity index (χ0n) is 10.5. The van der Waals surface area contributed by atoms with Crippen LogP contribution >= 0.6 is 11.6 Å². The van der Waals surface area contributed by atoms with E-state index in [0.29, 0.717) is 5.56 Å². The van der Waals surface area contributed by atoms with Gasteiger partial charge in [-0.1, -0.05) is 23.7 Å². The molecule has 0 spiro atoms. The van der Waals surface area contributed by atoms with Gasteiger partial charge in [-0.2, -0.15) is 0 Å². The summed E-state index contributed by atoms with van der Waals surface area (Å²) in [5.74, 6) is -0.186. The predicted molar refractivity (Wildman–Crippen MR) is 75.0 cm³/mol. The minimum atomic E-state index is -0.524. The molecule has 0 atom stereocenters. The molecule has 0 saturated carbocycles. The Kier molecular flexibility index (Phi) is 3.95. The van der Waals surface area contributed by atoms with Gasteiger partial charge in [0, 0.05) is 17.2 Å². The number of benzene rings is 1. The number of nitrogens with zero attached hydrogens (tertiary/aromatic N) is 2. The van der Waals surface area contributed by atoms with Crippen LogP contribution in [-0.2, 0) is 0 Å². The Labute approximate surface area is 119 Å². The molecule has 1 N–H and O–H groups in total. The summed E-state index contributed by atoms with van der Waals surface area (Å²) in [6, 6.07) is 9.13. The quantitative estimate of drug-likeness (QED) is 0.534. The number of nitro groups is 1. The SMILES string of the molecule is Cc1c(C(=O)Nc2cccc(Cl)n2)cccc1[N+](=O)[O-]. The lowest BCUT2D eigenvalue weighted by Gasteiger charge is -2.07. The van der Waals surface area contributed by atoms with Crippen LogP contribution in [0.4, 0.5) is 11.5 Å². The fourth-order valence-electron chi connectivity index (χ4n) is 1.73. The zero-order chi connectivity index (χ0) is 14.7. The van der Waals surface area contributed by atoms with Crippen LogP contribution in [0.5, 0.6) is 0 Å². The normalized spacial score (nSPS) is 10.1. The third kappa shape index (κ3) is 2.92. The molecule has 6 nitrogen and oxygen atoms in total. The number of carbonyl (C=O) groups is 1. The van der Waals surface area contributed by atoms with Crippen LogP contribution in [0.2, 0.25) is 5.15 Å². The van der Waals surface area contributed by atoms with E-state index in [1.807, 2.05) is 0 Å². The van der Waals surface area contributed by atoms with Gasteiger partial charge in [-0.3, -0.25) is 14.9 Å². The molecule has 1 aromatic carbocycles. The molecule has 1 amide bonds. The number of nitrogens with one attached hydrogen (secondary N) is 1. The van der Waals surface area contributed by atoms with Crippen LogP contribution in [0.25, 0.3) is 0 Å². The molecule has 0 aliphatic carbocycles. The minimum absolute atomic E-state index is 0.100. The van der Waals surface area contributed by atoms with E-state index in [0.717, 1.165) is 0 Å². The van der Waals surface area contributed by atoms with Gasteiger partial charge in [-0.25, -0.2) is 4.98 Å². The van der Waals surface area contributed by atoms with E-state index >= 15 is 0 Å². The number of aromatic nitrogens is 1. The molecule has 0 aliphatic heterocycles. The van der Waals surface area contributed by atoms with Crippen LogP contribution in [0.1, 0.15) is 15.9 Å². The van der Waals surface area contributed by atoms with E-state index in [1.54, 1.807) is 18.2 Å². The summed E-state index contributed by atoms with van der Waals surface area (Å²) in [7, 11) is 0. The monoisotopic (exact) mass is 291 g/mol. The van der Waals surface area contributed by atoms with Crippen molar-refractivity contribution in [1.29, 1.82) is 0 Å². The van der Waals surface area contributed by atoms with Gasteiger partial charge in [0.15, 0.2) is 0 Å². The molecule has 2 aromatic rings. The zero-order valence-corrected chi connectivity index (χ0v) is 11.2. The van der Waals surface area contributed by atoms with Crippen molar-refractivity contribution in [3.63, 3.8) is 0 Å². The molecule has 0 bridgehead atoms. The fourth-order valence-corrected chi connectivity index (χ4v) is 1.89. The lowest BCUT2D eigenvalue weighted by molar-refractivity contribution is -0.385. The fraction of sp³-hybridized carbons (Fsp3) is 0.0769. The van der Waals surface area contributed by atoms with Crippen molar-refractivity contribution in [3.05, 3.63) is 62.8 Å². The number of rotatable bonds is 3. The maximum absolute atomic E-state index is 12.1. The van der Waals surface area contributed by atoms with E-state index < -0.39 is 10.8 Å². The Bertz CT molecular complexity index is 688. The molecule has 1 heterocycles. The second kappa shape index (κ2) is 5.66. The molecule has 2 rings (SSSR count). The number of pyridine rings is 1. The molecule has 7 heteroatoms. The van der Waals surface area contributed by atoms with Gasteiger partial charge in [0.2, 0.25) is 0 Å². The van der Waals surface area contributed by atoms with Crippen molar-refractivity contribution < 1.29 is 9.72 Å². The lowest BCUT2D eigenvalue weighted by atomic mass is 10.1. The summed E-state index contributed by atoms with van der Waals surface area (Å²) < 4.78 is 0. The smallest absolute Gasteiger partial charge is 0.273 e. The lowest BCUT2D eigenvalue weighted by Crippen LogP contribution is -2.15. The van der Waals surface area contributed by atoms with Gasteiger partial charge < -0.3 is 5.32 Å². The number of amides is 1. The molecule has 0 radical (unpaired) electrons. The molecular formula is C13H10ClN3O3. The highest BCUT2D eigenvalue weighted by Crippen LogP contribution is 2.22. The Balaban J connectivity index is 2.30. The van der Waals surface area contributed by atoms with Crippen molar-refractivity contribution in [1.82, 2.24) is 4.98 Å². The first-order valence-electron chi connectivity index (χ1n) is 5.67. The summed E-state index contributed by atoms with van der Waals surface area (Å²) in [5.41, 5.74) is 0.426. The van der Waals surface area contributed by atoms with Gasteiger partial charge in [-0.15, -0.1) is 0 Å². The number of carbonyl (C=O) groups excluding carboxylic acids is 1. The van der Waals surface area contributed by atoms with Crippen molar-refractivity contribution in [2.75, 3.05) is 5.32 Å². The van der Waals surface area contributed by atoms with Crippen LogP contribution < -0.4 is 5.32 Å². The van der Waals surface area contributed by atoms with Crippen molar-refractivity contribution in [3.8, 4) is 0 Å². The molecule has 1 aromatic heterocycles. The Hall–Kier alpha value is -2.47. The number of hydrogen-bond donors (Lipinski definition) is 1. The number of halogens is 1. The van der Waals surface area contributed by atoms with Crippen LogP contribution in [0.3, 0.4) is 0 Å². The molecule has 102 valence electrons. The van der Waals surface area contributed by atoms with Gasteiger partial charge in [0.25, 0.3) is 11.6 Å². The summed E-state index contributed by atoms with van der Waals surface area (Å²) >= 11 is 5.72. The van der Waals surface area contributed by atoms with Gasteiger partial charge >= 0.3 is 0 Å². The second-order valence-electron chi connectivity index (χ2n) is 4.01. The standard InChI is InChI=1S/C13H10ClN3O3/c1-8-9(4-2-5-10(8)17(19)20)13(18)16-12-7-3-6-11(14)15-12/h2-7H,1H3,(H,15,16,18). The van der Waals surface area contributed by atoms with Crippen molar-refractivity contribution >= 4 is 29.0 Å². The largest absolute Gasteiger partial charge is 0.307 e. The van der Waals surface area contributed by atoms with E-state index in [2.05, 4.69) is 10.3 Å². The first kappa shape index (κ1) is 14.0. The summed E-state index contributed by atoms with van der Waals surface area (Å²) in [4.78, 5) is 26.3. The van der Waals surface area contributed by atoms with E-state index in [9.17, 15) is 14.9 Å². The highest BCUT2D eigenvalue weighted by molar-refractivity contribution is 6.29. The van der Waals surface area contributed by atoms with Crippen LogP contribution in [-0.4, -0.2) is 15.8 Å². The molecule has 20 heavy (non-hydrogen) atoms. The molecule has 0 saturated heterocycles. The number of nitro benzene ring substituents is 1. The first-order chi connectivity index (χ1) is 9.49. The third-order valence-corrected chi connectivity index (χ3v) is 2.91. The first-order valence-corrected chi connectivity index (χ1v) is 6.05. The maximum Gasteiger partial charge on any atom is 0.273 e. The average molecular weight is 292 g/mol. The Morgan fingerprint density at radius 3 is 2.65 bits per heavy atom. The predicted octanol–water partition coefficient (Wildman–Crippen LogP) is 3.20. The maximum atomic E-state index is 12.1. The molecule has 0 aliphatic rings. The van der Waals surface area contributed by atoms with Gasteiger partial charge in [0.05, 0.1) is 4.92 Å². The summed E-state index contributed by atoms with van der Waals surface area (Å²) in [6.07, 6.45) is 0. The second-order valence-corrected chi connectivity index (χ2v) is 4.39. The van der Waals surface area contributed by atoms with Crippen molar-refractivity contribution in [2.24, 2.45) is 0 Å². The molecule has 0 fully saturated rings. The van der Waals surface area contributed by atoms with Crippen LogP contribution in [0.15, 0.2) is 36.4 Å². The van der Waals surface area contributed by atoms with E-state index in [1.165, 1.54) is 25.1 Å². The Morgan fingerprint density at radius 2 is 2.00 bits per heavy atom. The molecular weight excluding hydrogens is 282 g/mol.